The fraction of sp³-hybridized carbons (Fsp3) is 0.917. The van der Waals surface area contributed by atoms with E-state index in [-0.39, 0.29) is 6.23 Å². The lowest BCUT2D eigenvalue weighted by molar-refractivity contribution is -0.0466. The van der Waals surface area contributed by atoms with Gasteiger partial charge in [0.05, 0.1) is 6.61 Å². The second-order valence-corrected chi connectivity index (χ2v) is 4.62. The molecular weight excluding hydrogens is 220 g/mol. The summed E-state index contributed by atoms with van der Waals surface area (Å²) in [7, 11) is 0. The number of rotatable bonds is 3. The maximum atomic E-state index is 11.3. The van der Waals surface area contributed by atoms with Gasteiger partial charge in [-0.05, 0) is 45.7 Å². The van der Waals surface area contributed by atoms with E-state index in [2.05, 4.69) is 10.2 Å². The third-order valence-electron chi connectivity index (χ3n) is 3.51. The standard InChI is InChI=1S/C12H22N2O3/c1-2-16-12(15)17-11-4-3-9-14(11)10-5-7-13-8-6-10/h10-11,13H,2-9H2,1H3/t11-/m1/s1. The number of nitrogens with one attached hydrogen (secondary N) is 1. The maximum absolute atomic E-state index is 11.3. The molecule has 5 nitrogen and oxygen atoms in total. The van der Waals surface area contributed by atoms with E-state index in [4.69, 9.17) is 9.47 Å². The average molecular weight is 242 g/mol. The molecule has 2 rings (SSSR count). The van der Waals surface area contributed by atoms with Crippen LogP contribution in [0.2, 0.25) is 0 Å². The summed E-state index contributed by atoms with van der Waals surface area (Å²) in [5.74, 6) is 0. The highest BCUT2D eigenvalue weighted by Crippen LogP contribution is 2.25. The first-order valence-corrected chi connectivity index (χ1v) is 6.61. The van der Waals surface area contributed by atoms with Crippen LogP contribution in [0.4, 0.5) is 4.79 Å². The molecule has 2 saturated heterocycles. The van der Waals surface area contributed by atoms with Crippen LogP contribution in [-0.2, 0) is 9.47 Å². The van der Waals surface area contributed by atoms with Gasteiger partial charge in [0.25, 0.3) is 0 Å². The van der Waals surface area contributed by atoms with E-state index in [1.807, 2.05) is 0 Å². The van der Waals surface area contributed by atoms with E-state index in [9.17, 15) is 4.79 Å². The van der Waals surface area contributed by atoms with E-state index in [0.29, 0.717) is 12.6 Å². The Bertz CT molecular complexity index is 254. The summed E-state index contributed by atoms with van der Waals surface area (Å²) in [6.07, 6.45) is 3.72. The van der Waals surface area contributed by atoms with Crippen molar-refractivity contribution in [3.8, 4) is 0 Å². The SMILES string of the molecule is CCOC(=O)O[C@@H]1CCCN1C1CCNCC1. The Morgan fingerprint density at radius 1 is 1.35 bits per heavy atom. The first-order valence-electron chi connectivity index (χ1n) is 6.61. The Balaban J connectivity index is 1.85. The predicted octanol–water partition coefficient (Wildman–Crippen LogP) is 1.33. The van der Waals surface area contributed by atoms with Crippen molar-refractivity contribution in [3.05, 3.63) is 0 Å². The largest absolute Gasteiger partial charge is 0.509 e. The van der Waals surface area contributed by atoms with Gasteiger partial charge in [-0.15, -0.1) is 0 Å². The lowest BCUT2D eigenvalue weighted by Crippen LogP contribution is -2.46. The number of likely N-dealkylation sites (tertiary alicyclic amines) is 1. The average Bonchev–Trinajstić information content (AvgIpc) is 2.78. The molecule has 17 heavy (non-hydrogen) atoms. The third-order valence-corrected chi connectivity index (χ3v) is 3.51. The van der Waals surface area contributed by atoms with Gasteiger partial charge in [0.2, 0.25) is 0 Å². The van der Waals surface area contributed by atoms with Gasteiger partial charge >= 0.3 is 6.16 Å². The van der Waals surface area contributed by atoms with E-state index in [0.717, 1.165) is 45.3 Å². The van der Waals surface area contributed by atoms with Crippen LogP contribution in [0.5, 0.6) is 0 Å². The molecule has 0 aliphatic carbocycles. The van der Waals surface area contributed by atoms with Gasteiger partial charge in [-0.2, -0.15) is 0 Å². The highest BCUT2D eigenvalue weighted by atomic mass is 16.7. The fourth-order valence-corrected chi connectivity index (χ4v) is 2.70. The number of hydrogen-bond donors (Lipinski definition) is 1. The minimum atomic E-state index is -0.529. The second-order valence-electron chi connectivity index (χ2n) is 4.62. The number of piperidine rings is 1. The maximum Gasteiger partial charge on any atom is 0.509 e. The number of ether oxygens (including phenoxy) is 2. The molecule has 0 amide bonds. The molecule has 2 heterocycles. The minimum Gasteiger partial charge on any atom is -0.435 e. The summed E-state index contributed by atoms with van der Waals surface area (Å²) in [4.78, 5) is 13.7. The summed E-state index contributed by atoms with van der Waals surface area (Å²) in [5, 5.41) is 3.35. The minimum absolute atomic E-state index is 0.0721. The van der Waals surface area contributed by atoms with Gasteiger partial charge in [-0.3, -0.25) is 4.90 Å². The van der Waals surface area contributed by atoms with Crippen molar-refractivity contribution in [2.75, 3.05) is 26.2 Å². The number of carbonyl (C=O) groups excluding carboxylic acids is 1. The molecule has 0 radical (unpaired) electrons. The predicted molar refractivity (Wildman–Crippen MR) is 63.7 cm³/mol. The molecule has 0 spiro atoms. The highest BCUT2D eigenvalue weighted by Gasteiger charge is 2.34. The topological polar surface area (TPSA) is 50.8 Å². The zero-order valence-electron chi connectivity index (χ0n) is 10.5. The van der Waals surface area contributed by atoms with Crippen LogP contribution in [0.25, 0.3) is 0 Å². The monoisotopic (exact) mass is 242 g/mol. The Kier molecular flexibility index (Phi) is 4.62. The quantitative estimate of drug-likeness (QED) is 0.757. The van der Waals surface area contributed by atoms with Gasteiger partial charge in [0, 0.05) is 12.6 Å². The molecule has 2 aliphatic heterocycles. The van der Waals surface area contributed by atoms with Crippen LogP contribution < -0.4 is 5.32 Å². The van der Waals surface area contributed by atoms with Crippen molar-refractivity contribution in [1.29, 1.82) is 0 Å². The van der Waals surface area contributed by atoms with Crippen molar-refractivity contribution >= 4 is 6.16 Å². The Labute approximate surface area is 102 Å². The first kappa shape index (κ1) is 12.6. The molecule has 2 fully saturated rings. The normalized spacial score (nSPS) is 27.0. The van der Waals surface area contributed by atoms with E-state index in [1.165, 1.54) is 0 Å². The lowest BCUT2D eigenvalue weighted by atomic mass is 10.1. The van der Waals surface area contributed by atoms with E-state index >= 15 is 0 Å². The van der Waals surface area contributed by atoms with Crippen molar-refractivity contribution in [2.45, 2.75) is 44.9 Å². The van der Waals surface area contributed by atoms with Crippen molar-refractivity contribution in [1.82, 2.24) is 10.2 Å². The lowest BCUT2D eigenvalue weighted by Gasteiger charge is -2.34. The van der Waals surface area contributed by atoms with Crippen molar-refractivity contribution in [2.24, 2.45) is 0 Å². The molecule has 0 aromatic heterocycles. The summed E-state index contributed by atoms with van der Waals surface area (Å²) >= 11 is 0. The molecule has 1 N–H and O–H groups in total. The van der Waals surface area contributed by atoms with Gasteiger partial charge in [-0.1, -0.05) is 0 Å². The Hall–Kier alpha value is -0.810. The smallest absolute Gasteiger partial charge is 0.435 e. The van der Waals surface area contributed by atoms with Crippen LogP contribution in [0.1, 0.15) is 32.6 Å². The van der Waals surface area contributed by atoms with Crippen LogP contribution in [-0.4, -0.2) is 49.6 Å². The highest BCUT2D eigenvalue weighted by molar-refractivity contribution is 5.60. The zero-order valence-corrected chi connectivity index (χ0v) is 10.5. The molecule has 98 valence electrons. The van der Waals surface area contributed by atoms with Gasteiger partial charge in [0.1, 0.15) is 0 Å². The Morgan fingerprint density at radius 3 is 2.82 bits per heavy atom. The van der Waals surface area contributed by atoms with Crippen LogP contribution in [0.3, 0.4) is 0 Å². The molecule has 0 unspecified atom stereocenters. The first-order chi connectivity index (χ1) is 8.31. The van der Waals surface area contributed by atoms with Crippen molar-refractivity contribution in [3.63, 3.8) is 0 Å². The molecule has 5 heteroatoms. The number of hydrogen-bond acceptors (Lipinski definition) is 5. The zero-order chi connectivity index (χ0) is 12.1. The van der Waals surface area contributed by atoms with Crippen LogP contribution in [0.15, 0.2) is 0 Å². The molecule has 2 aliphatic rings. The molecule has 0 bridgehead atoms. The molecule has 0 aromatic carbocycles. The van der Waals surface area contributed by atoms with E-state index < -0.39 is 6.16 Å². The summed E-state index contributed by atoms with van der Waals surface area (Å²) in [6.45, 7) is 5.33. The van der Waals surface area contributed by atoms with Gasteiger partial charge in [-0.25, -0.2) is 4.79 Å². The Morgan fingerprint density at radius 2 is 2.12 bits per heavy atom. The second kappa shape index (κ2) is 6.21. The summed E-state index contributed by atoms with van der Waals surface area (Å²) < 4.78 is 10.2. The van der Waals surface area contributed by atoms with E-state index in [1.54, 1.807) is 6.92 Å². The van der Waals surface area contributed by atoms with Gasteiger partial charge < -0.3 is 14.8 Å². The fourth-order valence-electron chi connectivity index (χ4n) is 2.70. The number of carbonyl (C=O) groups is 1. The van der Waals surface area contributed by atoms with Crippen LogP contribution >= 0.6 is 0 Å². The molecule has 0 aromatic rings. The molecular formula is C12H22N2O3. The van der Waals surface area contributed by atoms with Crippen molar-refractivity contribution < 1.29 is 14.3 Å². The molecule has 1 atom stereocenters. The molecule has 0 saturated carbocycles. The number of nitrogens with zero attached hydrogens (tertiary/aromatic N) is 1. The van der Waals surface area contributed by atoms with Crippen LogP contribution in [0, 0.1) is 0 Å². The summed E-state index contributed by atoms with van der Waals surface area (Å²) in [5.41, 5.74) is 0. The third kappa shape index (κ3) is 3.33. The van der Waals surface area contributed by atoms with Gasteiger partial charge in [0.15, 0.2) is 6.23 Å². The summed E-state index contributed by atoms with van der Waals surface area (Å²) in [6, 6.07) is 0.554.